The first-order valence-electron chi connectivity index (χ1n) is 6.61. The molecule has 0 aliphatic carbocycles. The third-order valence-corrected chi connectivity index (χ3v) is 3.49. The van der Waals surface area contributed by atoms with Crippen molar-refractivity contribution in [2.24, 2.45) is 0 Å². The number of esters is 1. The summed E-state index contributed by atoms with van der Waals surface area (Å²) in [4.78, 5) is 24.5. The van der Waals surface area contributed by atoms with Gasteiger partial charge in [0.1, 0.15) is 28.1 Å². The Labute approximate surface area is 129 Å². The maximum Gasteiger partial charge on any atom is 0.338 e. The molecule has 0 atom stereocenters. The van der Waals surface area contributed by atoms with Crippen molar-refractivity contribution in [3.05, 3.63) is 45.6 Å². The normalized spacial score (nSPS) is 11.0. The molecule has 118 valence electrons. The largest absolute Gasteiger partial charge is 0.508 e. The molecule has 3 aromatic rings. The van der Waals surface area contributed by atoms with Crippen molar-refractivity contribution < 1.29 is 29.3 Å². The van der Waals surface area contributed by atoms with Crippen LogP contribution < -0.4 is 5.43 Å². The lowest BCUT2D eigenvalue weighted by Crippen LogP contribution is -2.10. The highest BCUT2D eigenvalue weighted by Crippen LogP contribution is 2.30. The van der Waals surface area contributed by atoms with Crippen LogP contribution in [0.15, 0.2) is 33.5 Å². The summed E-state index contributed by atoms with van der Waals surface area (Å²) in [6, 6.07) is 4.92. The first kappa shape index (κ1) is 14.9. The summed E-state index contributed by atoms with van der Waals surface area (Å²) < 4.78 is 10.1. The van der Waals surface area contributed by atoms with Crippen molar-refractivity contribution in [3.63, 3.8) is 0 Å². The minimum absolute atomic E-state index is 0.0302. The lowest BCUT2D eigenvalue weighted by molar-refractivity contribution is 0.0602. The lowest BCUT2D eigenvalue weighted by atomic mass is 10.0. The van der Waals surface area contributed by atoms with Gasteiger partial charge in [0.2, 0.25) is 5.43 Å². The first-order chi connectivity index (χ1) is 11.0. The van der Waals surface area contributed by atoms with Crippen LogP contribution in [0, 0.1) is 0 Å². The van der Waals surface area contributed by atoms with E-state index in [9.17, 15) is 19.8 Å². The molecule has 7 nitrogen and oxygen atoms in total. The van der Waals surface area contributed by atoms with Gasteiger partial charge in [-0.1, -0.05) is 0 Å². The zero-order valence-electron chi connectivity index (χ0n) is 12.0. The Bertz CT molecular complexity index is 1000. The molecule has 3 rings (SSSR count). The number of aliphatic hydroxyl groups excluding tert-OH is 1. The number of hydrogen-bond donors (Lipinski definition) is 3. The van der Waals surface area contributed by atoms with Gasteiger partial charge in [-0.2, -0.15) is 0 Å². The van der Waals surface area contributed by atoms with E-state index in [0.29, 0.717) is 5.56 Å². The van der Waals surface area contributed by atoms with E-state index in [1.54, 1.807) is 0 Å². The van der Waals surface area contributed by atoms with Crippen molar-refractivity contribution in [2.45, 2.75) is 6.61 Å². The van der Waals surface area contributed by atoms with Gasteiger partial charge in [0.05, 0.1) is 24.7 Å². The number of methoxy groups -OCH3 is 1. The standard InChI is InChI=1S/C16H12O7/c1-22-16(21)9-4-8(18)5-12-13(9)15(20)14-10(19)2-7(6-17)3-11(14)23-12/h2-5,17-19H,6H2,1H3. The molecule has 3 N–H and O–H groups in total. The zero-order valence-corrected chi connectivity index (χ0v) is 12.0. The highest BCUT2D eigenvalue weighted by atomic mass is 16.5. The van der Waals surface area contributed by atoms with Gasteiger partial charge in [0.15, 0.2) is 0 Å². The fourth-order valence-corrected chi connectivity index (χ4v) is 2.49. The summed E-state index contributed by atoms with van der Waals surface area (Å²) in [6.07, 6.45) is 0. The molecule has 0 amide bonds. The van der Waals surface area contributed by atoms with Gasteiger partial charge < -0.3 is 24.5 Å². The number of benzene rings is 2. The Morgan fingerprint density at radius 1 is 1.13 bits per heavy atom. The second-order valence-electron chi connectivity index (χ2n) is 4.94. The van der Waals surface area contributed by atoms with Gasteiger partial charge in [-0.25, -0.2) is 4.79 Å². The minimum atomic E-state index is -0.816. The highest BCUT2D eigenvalue weighted by molar-refractivity contribution is 6.06. The molecule has 1 heterocycles. The van der Waals surface area contributed by atoms with Crippen molar-refractivity contribution in [2.75, 3.05) is 7.11 Å². The number of phenols is 2. The number of carbonyl (C=O) groups is 1. The number of aromatic hydroxyl groups is 2. The topological polar surface area (TPSA) is 117 Å². The van der Waals surface area contributed by atoms with Gasteiger partial charge in [-0.15, -0.1) is 0 Å². The Hall–Kier alpha value is -3.06. The van der Waals surface area contributed by atoms with Crippen LogP contribution in [0.4, 0.5) is 0 Å². The van der Waals surface area contributed by atoms with E-state index in [1.807, 2.05) is 0 Å². The van der Waals surface area contributed by atoms with E-state index in [0.717, 1.165) is 13.2 Å². The summed E-state index contributed by atoms with van der Waals surface area (Å²) in [5.74, 6) is -1.46. The van der Waals surface area contributed by atoms with E-state index in [1.165, 1.54) is 18.2 Å². The van der Waals surface area contributed by atoms with Crippen LogP contribution in [-0.4, -0.2) is 28.4 Å². The summed E-state index contributed by atoms with van der Waals surface area (Å²) in [6.45, 7) is -0.349. The summed E-state index contributed by atoms with van der Waals surface area (Å²) >= 11 is 0. The van der Waals surface area contributed by atoms with Gasteiger partial charge in [0, 0.05) is 6.07 Å². The fraction of sp³-hybridized carbons (Fsp3) is 0.125. The second kappa shape index (κ2) is 5.29. The minimum Gasteiger partial charge on any atom is -0.508 e. The van der Waals surface area contributed by atoms with E-state index >= 15 is 0 Å². The zero-order chi connectivity index (χ0) is 16.7. The van der Waals surface area contributed by atoms with Crippen molar-refractivity contribution in [1.82, 2.24) is 0 Å². The smallest absolute Gasteiger partial charge is 0.338 e. The van der Waals surface area contributed by atoms with Crippen LogP contribution in [0.2, 0.25) is 0 Å². The van der Waals surface area contributed by atoms with Crippen LogP contribution >= 0.6 is 0 Å². The molecule has 0 bridgehead atoms. The molecule has 0 radical (unpaired) electrons. The van der Waals surface area contributed by atoms with Crippen LogP contribution in [0.25, 0.3) is 21.9 Å². The molecule has 0 saturated carbocycles. The number of rotatable bonds is 2. The lowest BCUT2D eigenvalue weighted by Gasteiger charge is -2.08. The Kier molecular flexibility index (Phi) is 3.42. The fourth-order valence-electron chi connectivity index (χ4n) is 2.49. The summed E-state index contributed by atoms with van der Waals surface area (Å²) in [7, 11) is 1.14. The van der Waals surface area contributed by atoms with Gasteiger partial charge in [-0.05, 0) is 23.8 Å². The Morgan fingerprint density at radius 3 is 2.48 bits per heavy atom. The molecular weight excluding hydrogens is 304 g/mol. The third kappa shape index (κ3) is 2.27. The number of aliphatic hydroxyl groups is 1. The average molecular weight is 316 g/mol. The van der Waals surface area contributed by atoms with Crippen LogP contribution in [0.3, 0.4) is 0 Å². The van der Waals surface area contributed by atoms with Crippen molar-refractivity contribution >= 4 is 27.9 Å². The number of phenolic OH excluding ortho intramolecular Hbond substituents is 2. The average Bonchev–Trinajstić information content (AvgIpc) is 2.52. The molecule has 0 fully saturated rings. The Balaban J connectivity index is 2.54. The van der Waals surface area contributed by atoms with Gasteiger partial charge in [0.25, 0.3) is 0 Å². The molecular formula is C16H12O7. The third-order valence-electron chi connectivity index (χ3n) is 3.49. The number of hydrogen-bond acceptors (Lipinski definition) is 7. The monoisotopic (exact) mass is 316 g/mol. The van der Waals surface area contributed by atoms with Crippen molar-refractivity contribution in [3.8, 4) is 11.5 Å². The number of fused-ring (bicyclic) bond motifs is 2. The molecule has 0 unspecified atom stereocenters. The molecule has 2 aromatic carbocycles. The number of ether oxygens (including phenoxy) is 1. The van der Waals surface area contributed by atoms with E-state index < -0.39 is 11.4 Å². The van der Waals surface area contributed by atoms with Gasteiger partial charge >= 0.3 is 5.97 Å². The molecule has 0 aliphatic rings. The second-order valence-corrected chi connectivity index (χ2v) is 4.94. The van der Waals surface area contributed by atoms with Gasteiger partial charge in [-0.3, -0.25) is 4.79 Å². The first-order valence-corrected chi connectivity index (χ1v) is 6.61. The molecule has 1 aromatic heterocycles. The molecule has 0 spiro atoms. The van der Waals surface area contributed by atoms with E-state index in [-0.39, 0.29) is 45.6 Å². The summed E-state index contributed by atoms with van der Waals surface area (Å²) in [5.41, 5.74) is -0.441. The molecule has 23 heavy (non-hydrogen) atoms. The van der Waals surface area contributed by atoms with Crippen molar-refractivity contribution in [1.29, 1.82) is 0 Å². The highest BCUT2D eigenvalue weighted by Gasteiger charge is 2.20. The summed E-state index contributed by atoms with van der Waals surface area (Å²) in [5, 5.41) is 28.7. The predicted molar refractivity (Wildman–Crippen MR) is 80.6 cm³/mol. The maximum atomic E-state index is 12.7. The van der Waals surface area contributed by atoms with E-state index in [2.05, 4.69) is 4.74 Å². The molecule has 0 saturated heterocycles. The van der Waals surface area contributed by atoms with E-state index in [4.69, 9.17) is 9.52 Å². The SMILES string of the molecule is COC(=O)c1cc(O)cc2oc3cc(CO)cc(O)c3c(=O)c12. The molecule has 7 heteroatoms. The van der Waals surface area contributed by atoms with Crippen LogP contribution in [-0.2, 0) is 11.3 Å². The number of carbonyl (C=O) groups excluding carboxylic acids is 1. The van der Waals surface area contributed by atoms with Crippen LogP contribution in [0.5, 0.6) is 11.5 Å². The maximum absolute atomic E-state index is 12.7. The Morgan fingerprint density at radius 2 is 1.83 bits per heavy atom. The predicted octanol–water partition coefficient (Wildman–Crippen LogP) is 1.64. The molecule has 0 aliphatic heterocycles. The van der Waals surface area contributed by atoms with Crippen LogP contribution in [0.1, 0.15) is 15.9 Å². The quantitative estimate of drug-likeness (QED) is 0.486.